The van der Waals surface area contributed by atoms with Gasteiger partial charge in [-0.15, -0.1) is 11.8 Å². The third-order valence-corrected chi connectivity index (χ3v) is 5.90. The monoisotopic (exact) mass is 427 g/mol. The Bertz CT molecular complexity index is 909. The van der Waals surface area contributed by atoms with Gasteiger partial charge in [-0.05, 0) is 23.9 Å². The summed E-state index contributed by atoms with van der Waals surface area (Å²) in [6.45, 7) is 0.268. The summed E-state index contributed by atoms with van der Waals surface area (Å²) in [7, 11) is 0. The fraction of sp³-hybridized carbons (Fsp3) is 0.381. The Morgan fingerprint density at radius 3 is 2.50 bits per heavy atom. The summed E-state index contributed by atoms with van der Waals surface area (Å²) in [6.07, 6.45) is -0.707. The molecule has 2 aliphatic heterocycles. The zero-order valence-corrected chi connectivity index (χ0v) is 17.1. The number of fused-ring (bicyclic) bond motifs is 1. The number of thioether (sulfide) groups is 1. The van der Waals surface area contributed by atoms with Gasteiger partial charge in [-0.1, -0.05) is 53.6 Å². The van der Waals surface area contributed by atoms with Crippen LogP contribution in [0.4, 0.5) is 0 Å². The minimum atomic E-state index is -0.820. The van der Waals surface area contributed by atoms with Crippen molar-refractivity contribution in [1.82, 2.24) is 0 Å². The molecule has 0 radical (unpaired) electrons. The topological polar surface area (TPSA) is 103 Å². The first-order valence-electron chi connectivity index (χ1n) is 9.51. The van der Waals surface area contributed by atoms with Gasteiger partial charge >= 0.3 is 5.97 Å². The van der Waals surface area contributed by atoms with Gasteiger partial charge in [-0.2, -0.15) is 0 Å². The summed E-state index contributed by atoms with van der Waals surface area (Å²) < 4.78 is 24.0. The lowest BCUT2D eigenvalue weighted by Gasteiger charge is -2.47. The molecular weight excluding hydrogens is 406 g/mol. The largest absolute Gasteiger partial charge is 0.455 e. The number of ether oxygens (including phenoxy) is 4. The van der Waals surface area contributed by atoms with E-state index in [9.17, 15) is 4.79 Å². The fourth-order valence-corrected chi connectivity index (χ4v) is 4.36. The number of azide groups is 1. The molecule has 3 unspecified atom stereocenters. The molecule has 8 nitrogen and oxygen atoms in total. The van der Waals surface area contributed by atoms with Crippen molar-refractivity contribution < 1.29 is 23.7 Å². The van der Waals surface area contributed by atoms with Crippen molar-refractivity contribution in [3.05, 3.63) is 82.2 Å². The molecule has 30 heavy (non-hydrogen) atoms. The van der Waals surface area contributed by atoms with E-state index in [4.69, 9.17) is 24.5 Å². The zero-order chi connectivity index (χ0) is 20.9. The maximum Gasteiger partial charge on any atom is 0.338 e. The summed E-state index contributed by atoms with van der Waals surface area (Å²) in [5.74, 6) is -0.509. The number of nitrogens with zero attached hydrogens (tertiary/aromatic N) is 3. The second-order valence-corrected chi connectivity index (χ2v) is 7.82. The van der Waals surface area contributed by atoms with E-state index in [2.05, 4.69) is 10.0 Å². The molecule has 2 fully saturated rings. The molecule has 2 saturated heterocycles. The van der Waals surface area contributed by atoms with Gasteiger partial charge in [0.15, 0.2) is 6.29 Å². The Kier molecular flexibility index (Phi) is 6.56. The van der Waals surface area contributed by atoms with E-state index >= 15 is 0 Å². The lowest BCUT2D eigenvalue weighted by atomic mass is 9.97. The first kappa shape index (κ1) is 20.7. The molecule has 0 saturated carbocycles. The molecule has 0 N–H and O–H groups in total. The van der Waals surface area contributed by atoms with Crippen molar-refractivity contribution in [3.8, 4) is 0 Å². The van der Waals surface area contributed by atoms with E-state index in [-0.39, 0.29) is 6.61 Å². The smallest absolute Gasteiger partial charge is 0.338 e. The fourth-order valence-electron chi connectivity index (χ4n) is 3.62. The third-order valence-electron chi connectivity index (χ3n) is 5.05. The van der Waals surface area contributed by atoms with Crippen LogP contribution in [0.15, 0.2) is 65.8 Å². The van der Waals surface area contributed by atoms with Crippen molar-refractivity contribution in [3.63, 3.8) is 0 Å². The summed E-state index contributed by atoms with van der Waals surface area (Å²) in [5.41, 5.74) is 9.88. The van der Waals surface area contributed by atoms with Crippen LogP contribution in [0.5, 0.6) is 0 Å². The number of hydrogen-bond acceptors (Lipinski definition) is 7. The summed E-state index contributed by atoms with van der Waals surface area (Å²) >= 11 is 1.38. The van der Waals surface area contributed by atoms with Gasteiger partial charge in [0.05, 0.1) is 12.2 Å². The van der Waals surface area contributed by atoms with Crippen molar-refractivity contribution in [1.29, 1.82) is 0 Å². The molecule has 2 aromatic carbocycles. The highest BCUT2D eigenvalue weighted by molar-refractivity contribution is 7.99. The minimum Gasteiger partial charge on any atom is -0.455 e. The van der Waals surface area contributed by atoms with Crippen LogP contribution >= 0.6 is 11.8 Å². The third kappa shape index (κ3) is 4.30. The Balaban J connectivity index is 1.63. The molecule has 2 heterocycles. The molecule has 0 aromatic heterocycles. The number of carbonyl (C=O) groups is 1. The number of carbonyl (C=O) groups excluding carboxylic acids is 1. The molecule has 0 bridgehead atoms. The van der Waals surface area contributed by atoms with Crippen LogP contribution in [0.25, 0.3) is 10.4 Å². The number of rotatable bonds is 5. The van der Waals surface area contributed by atoms with Gasteiger partial charge in [0, 0.05) is 10.5 Å². The Hall–Kier alpha value is -2.55. The average molecular weight is 427 g/mol. The number of benzene rings is 2. The van der Waals surface area contributed by atoms with Crippen molar-refractivity contribution in [2.45, 2.75) is 36.1 Å². The van der Waals surface area contributed by atoms with E-state index in [0.717, 1.165) is 5.56 Å². The Labute approximate surface area is 178 Å². The minimum absolute atomic E-state index is 0.268. The molecule has 156 valence electrons. The average Bonchev–Trinajstić information content (AvgIpc) is 2.81. The molecule has 0 aliphatic carbocycles. The number of hydrogen-bond donors (Lipinski definition) is 0. The van der Waals surface area contributed by atoms with Crippen LogP contribution in [0.2, 0.25) is 0 Å². The standard InChI is InChI=1S/C21H21N3O5S/c1-30-21-16(23-24-22)18(28-19(25)13-8-4-2-5-9-13)17-15(27-21)12-26-20(29-17)14-10-6-3-7-11-14/h2-11,15-18,20-21H,12H2,1H3/t15?,16?,17-,18-,20?,21+/m1/s1. The molecule has 9 heteroatoms. The van der Waals surface area contributed by atoms with Crippen molar-refractivity contribution in [2.24, 2.45) is 5.11 Å². The first-order valence-corrected chi connectivity index (χ1v) is 10.8. The van der Waals surface area contributed by atoms with E-state index in [0.29, 0.717) is 5.56 Å². The Morgan fingerprint density at radius 1 is 1.13 bits per heavy atom. The predicted molar refractivity (Wildman–Crippen MR) is 111 cm³/mol. The van der Waals surface area contributed by atoms with Crippen LogP contribution in [0, 0.1) is 0 Å². The van der Waals surface area contributed by atoms with Crippen LogP contribution in [-0.2, 0) is 18.9 Å². The molecule has 4 rings (SSSR count). The molecular formula is C21H21N3O5S. The summed E-state index contributed by atoms with van der Waals surface area (Å²) in [6, 6.07) is 17.4. The van der Waals surface area contributed by atoms with Gasteiger partial charge < -0.3 is 18.9 Å². The maximum atomic E-state index is 12.8. The van der Waals surface area contributed by atoms with E-state index in [1.54, 1.807) is 24.3 Å². The summed E-state index contributed by atoms with van der Waals surface area (Å²) in [4.78, 5) is 15.7. The second-order valence-electron chi connectivity index (χ2n) is 6.89. The van der Waals surface area contributed by atoms with Crippen LogP contribution in [0.1, 0.15) is 22.2 Å². The quantitative estimate of drug-likeness (QED) is 0.308. The molecule has 0 spiro atoms. The maximum absolute atomic E-state index is 12.8. The lowest BCUT2D eigenvalue weighted by Crippen LogP contribution is -2.61. The highest BCUT2D eigenvalue weighted by atomic mass is 32.2. The van der Waals surface area contributed by atoms with E-state index in [1.165, 1.54) is 11.8 Å². The van der Waals surface area contributed by atoms with Crippen LogP contribution in [0.3, 0.4) is 0 Å². The van der Waals surface area contributed by atoms with Gasteiger partial charge in [-0.25, -0.2) is 4.79 Å². The molecule has 2 aliphatic rings. The normalized spacial score (nSPS) is 30.6. The molecule has 2 aromatic rings. The number of esters is 1. The van der Waals surface area contributed by atoms with Crippen LogP contribution in [-0.4, -0.2) is 48.6 Å². The SMILES string of the molecule is CS[C@@H]1OC2COC(c3ccccc3)O[C@H]2[C@H](OC(=O)c2ccccc2)C1N=[N+]=[N-]. The van der Waals surface area contributed by atoms with Gasteiger partial charge in [0.2, 0.25) is 0 Å². The van der Waals surface area contributed by atoms with Gasteiger partial charge in [0.1, 0.15) is 29.8 Å². The summed E-state index contributed by atoms with van der Waals surface area (Å²) in [5, 5.41) is 3.89. The van der Waals surface area contributed by atoms with E-state index in [1.807, 2.05) is 42.7 Å². The van der Waals surface area contributed by atoms with Crippen LogP contribution < -0.4 is 0 Å². The molecule has 0 amide bonds. The van der Waals surface area contributed by atoms with E-state index < -0.39 is 42.0 Å². The van der Waals surface area contributed by atoms with Crippen molar-refractivity contribution >= 4 is 17.7 Å². The first-order chi connectivity index (χ1) is 14.7. The highest BCUT2D eigenvalue weighted by Crippen LogP contribution is 2.38. The van der Waals surface area contributed by atoms with Gasteiger partial charge in [-0.3, -0.25) is 0 Å². The predicted octanol–water partition coefficient (Wildman–Crippen LogP) is 4.09. The Morgan fingerprint density at radius 2 is 1.83 bits per heavy atom. The second kappa shape index (κ2) is 9.51. The van der Waals surface area contributed by atoms with Gasteiger partial charge in [0.25, 0.3) is 0 Å². The lowest BCUT2D eigenvalue weighted by molar-refractivity contribution is -0.304. The zero-order valence-electron chi connectivity index (χ0n) is 16.2. The molecule has 6 atom stereocenters. The highest BCUT2D eigenvalue weighted by Gasteiger charge is 2.51. The van der Waals surface area contributed by atoms with Crippen molar-refractivity contribution in [2.75, 3.05) is 12.9 Å².